The van der Waals surface area contributed by atoms with Gasteiger partial charge in [0, 0.05) is 18.0 Å². The molecule has 4 nitrogen and oxygen atoms in total. The topological polar surface area (TPSA) is 47.6 Å². The molecular weight excluding hydrogens is 277 g/mol. The van der Waals surface area contributed by atoms with Crippen LogP contribution in [0, 0.1) is 0 Å². The van der Waals surface area contributed by atoms with Gasteiger partial charge in [0.1, 0.15) is 17.9 Å². The third kappa shape index (κ3) is 3.77. The zero-order chi connectivity index (χ0) is 12.3. The van der Waals surface area contributed by atoms with Gasteiger partial charge in [0.05, 0.1) is 7.11 Å². The standard InChI is InChI=1S/C12H14ClNO3.ClH/c1-16-12(15)11-6-10(7-14-11)17-9-4-2-8(13)3-5-9;/h2-5,10-11,14H,6-7H2,1H3;1H/t10-,11-;/m0./s1. The molecule has 1 heterocycles. The van der Waals surface area contributed by atoms with Gasteiger partial charge >= 0.3 is 5.97 Å². The second-order valence-corrected chi connectivity index (χ2v) is 4.35. The number of halogens is 2. The molecule has 1 N–H and O–H groups in total. The quantitative estimate of drug-likeness (QED) is 0.866. The van der Waals surface area contributed by atoms with Gasteiger partial charge in [-0.25, -0.2) is 0 Å². The van der Waals surface area contributed by atoms with Crippen LogP contribution in [0.15, 0.2) is 24.3 Å². The van der Waals surface area contributed by atoms with Crippen LogP contribution in [0.5, 0.6) is 5.75 Å². The van der Waals surface area contributed by atoms with Crippen LogP contribution in [0.3, 0.4) is 0 Å². The predicted octanol–water partition coefficient (Wildman–Crippen LogP) is 2.04. The minimum absolute atomic E-state index is 0. The third-order valence-electron chi connectivity index (χ3n) is 2.69. The first-order valence-corrected chi connectivity index (χ1v) is 5.80. The minimum Gasteiger partial charge on any atom is -0.489 e. The molecule has 0 saturated carbocycles. The number of hydrogen-bond acceptors (Lipinski definition) is 4. The second-order valence-electron chi connectivity index (χ2n) is 3.91. The van der Waals surface area contributed by atoms with Gasteiger partial charge < -0.3 is 14.8 Å². The highest BCUT2D eigenvalue weighted by atomic mass is 35.5. The molecule has 0 aromatic heterocycles. The van der Waals surface area contributed by atoms with E-state index in [1.54, 1.807) is 12.1 Å². The van der Waals surface area contributed by atoms with E-state index < -0.39 is 0 Å². The fourth-order valence-electron chi connectivity index (χ4n) is 1.82. The summed E-state index contributed by atoms with van der Waals surface area (Å²) >= 11 is 5.78. The van der Waals surface area contributed by atoms with E-state index in [0.717, 1.165) is 5.75 Å². The zero-order valence-corrected chi connectivity index (χ0v) is 11.5. The minimum atomic E-state index is -0.266. The van der Waals surface area contributed by atoms with E-state index in [9.17, 15) is 4.79 Å². The molecule has 0 unspecified atom stereocenters. The molecule has 18 heavy (non-hydrogen) atoms. The molecular formula is C12H15Cl2NO3. The lowest BCUT2D eigenvalue weighted by Crippen LogP contribution is -2.31. The van der Waals surface area contributed by atoms with Gasteiger partial charge in [0.2, 0.25) is 0 Å². The Morgan fingerprint density at radius 1 is 1.39 bits per heavy atom. The number of esters is 1. The first-order valence-electron chi connectivity index (χ1n) is 5.42. The Balaban J connectivity index is 0.00000162. The van der Waals surface area contributed by atoms with Crippen LogP contribution in [-0.4, -0.2) is 31.8 Å². The van der Waals surface area contributed by atoms with Gasteiger partial charge in [-0.15, -0.1) is 12.4 Å². The summed E-state index contributed by atoms with van der Waals surface area (Å²) in [6, 6.07) is 6.91. The Morgan fingerprint density at radius 3 is 2.67 bits per heavy atom. The summed E-state index contributed by atoms with van der Waals surface area (Å²) in [6.07, 6.45) is 0.607. The Morgan fingerprint density at radius 2 is 2.06 bits per heavy atom. The van der Waals surface area contributed by atoms with Crippen LogP contribution < -0.4 is 10.1 Å². The summed E-state index contributed by atoms with van der Waals surface area (Å²) in [6.45, 7) is 0.641. The van der Waals surface area contributed by atoms with Gasteiger partial charge in [-0.2, -0.15) is 0 Å². The number of carbonyl (C=O) groups is 1. The SMILES string of the molecule is COC(=O)[C@@H]1C[C@H](Oc2ccc(Cl)cc2)CN1.Cl. The Labute approximate surface area is 117 Å². The van der Waals surface area contributed by atoms with E-state index in [4.69, 9.17) is 16.3 Å². The average Bonchev–Trinajstić information content (AvgIpc) is 2.80. The second kappa shape index (κ2) is 6.83. The van der Waals surface area contributed by atoms with Gasteiger partial charge in [-0.1, -0.05) is 11.6 Å². The van der Waals surface area contributed by atoms with E-state index in [-0.39, 0.29) is 30.5 Å². The largest absolute Gasteiger partial charge is 0.489 e. The molecule has 0 spiro atoms. The van der Waals surface area contributed by atoms with Crippen molar-refractivity contribution in [3.05, 3.63) is 29.3 Å². The fraction of sp³-hybridized carbons (Fsp3) is 0.417. The van der Waals surface area contributed by atoms with Crippen molar-refractivity contribution in [1.29, 1.82) is 0 Å². The summed E-state index contributed by atoms with van der Waals surface area (Å²) in [7, 11) is 1.39. The molecule has 0 radical (unpaired) electrons. The number of hydrogen-bond donors (Lipinski definition) is 1. The maximum Gasteiger partial charge on any atom is 0.323 e. The first kappa shape index (κ1) is 15.1. The van der Waals surface area contributed by atoms with E-state index in [0.29, 0.717) is 18.0 Å². The van der Waals surface area contributed by atoms with E-state index in [1.807, 2.05) is 12.1 Å². The highest BCUT2D eigenvalue weighted by molar-refractivity contribution is 6.30. The molecule has 1 aromatic carbocycles. The molecule has 1 aromatic rings. The lowest BCUT2D eigenvalue weighted by molar-refractivity contribution is -0.142. The number of nitrogens with one attached hydrogen (secondary N) is 1. The molecule has 1 aliphatic heterocycles. The van der Waals surface area contributed by atoms with Gasteiger partial charge in [-0.05, 0) is 24.3 Å². The lowest BCUT2D eigenvalue weighted by Gasteiger charge is -2.12. The summed E-state index contributed by atoms with van der Waals surface area (Å²) < 4.78 is 10.4. The van der Waals surface area contributed by atoms with Crippen LogP contribution in [0.2, 0.25) is 5.02 Å². The number of carbonyl (C=O) groups excluding carboxylic acids is 1. The van der Waals surface area contributed by atoms with Crippen LogP contribution in [0.4, 0.5) is 0 Å². The number of methoxy groups -OCH3 is 1. The van der Waals surface area contributed by atoms with Crippen LogP contribution in [0.25, 0.3) is 0 Å². The van der Waals surface area contributed by atoms with Crippen molar-refractivity contribution >= 4 is 30.0 Å². The molecule has 1 fully saturated rings. The molecule has 1 aliphatic rings. The molecule has 100 valence electrons. The lowest BCUT2D eigenvalue weighted by atomic mass is 10.2. The fourth-order valence-corrected chi connectivity index (χ4v) is 1.95. The Kier molecular flexibility index (Phi) is 5.72. The highest BCUT2D eigenvalue weighted by Gasteiger charge is 2.31. The Hall–Kier alpha value is -0.970. The maximum absolute atomic E-state index is 11.3. The van der Waals surface area contributed by atoms with Gasteiger partial charge in [0.25, 0.3) is 0 Å². The number of benzene rings is 1. The first-order chi connectivity index (χ1) is 8.19. The van der Waals surface area contributed by atoms with E-state index in [1.165, 1.54) is 7.11 Å². The van der Waals surface area contributed by atoms with Crippen molar-refractivity contribution < 1.29 is 14.3 Å². The summed E-state index contributed by atoms with van der Waals surface area (Å²) in [5.74, 6) is 0.513. The smallest absolute Gasteiger partial charge is 0.323 e. The van der Waals surface area contributed by atoms with Gasteiger partial charge in [0.15, 0.2) is 0 Å². The molecule has 1 saturated heterocycles. The van der Waals surface area contributed by atoms with Crippen molar-refractivity contribution in [2.75, 3.05) is 13.7 Å². The van der Waals surface area contributed by atoms with Gasteiger partial charge in [-0.3, -0.25) is 4.79 Å². The summed E-state index contributed by atoms with van der Waals surface area (Å²) in [5.41, 5.74) is 0. The summed E-state index contributed by atoms with van der Waals surface area (Å²) in [4.78, 5) is 11.3. The molecule has 0 aliphatic carbocycles. The molecule has 6 heteroatoms. The average molecular weight is 292 g/mol. The number of rotatable bonds is 3. The number of ether oxygens (including phenoxy) is 2. The van der Waals surface area contributed by atoms with Crippen LogP contribution >= 0.6 is 24.0 Å². The monoisotopic (exact) mass is 291 g/mol. The van der Waals surface area contributed by atoms with Crippen molar-refractivity contribution in [1.82, 2.24) is 5.32 Å². The van der Waals surface area contributed by atoms with Crippen molar-refractivity contribution in [2.24, 2.45) is 0 Å². The van der Waals surface area contributed by atoms with Crippen LogP contribution in [0.1, 0.15) is 6.42 Å². The van der Waals surface area contributed by atoms with Crippen molar-refractivity contribution in [2.45, 2.75) is 18.6 Å². The predicted molar refractivity (Wildman–Crippen MR) is 71.5 cm³/mol. The van der Waals surface area contributed by atoms with E-state index in [2.05, 4.69) is 10.1 Å². The van der Waals surface area contributed by atoms with Crippen LogP contribution in [-0.2, 0) is 9.53 Å². The summed E-state index contributed by atoms with van der Waals surface area (Å²) in [5, 5.41) is 3.74. The third-order valence-corrected chi connectivity index (χ3v) is 2.94. The molecule has 0 bridgehead atoms. The highest BCUT2D eigenvalue weighted by Crippen LogP contribution is 2.20. The molecule has 2 rings (SSSR count). The molecule has 2 atom stereocenters. The van der Waals surface area contributed by atoms with E-state index >= 15 is 0 Å². The Bertz CT molecular complexity index is 397. The zero-order valence-electron chi connectivity index (χ0n) is 9.89. The van der Waals surface area contributed by atoms with Crippen molar-refractivity contribution in [3.8, 4) is 5.75 Å². The normalized spacial score (nSPS) is 22.1. The van der Waals surface area contributed by atoms with Crippen molar-refractivity contribution in [3.63, 3.8) is 0 Å². The molecule has 0 amide bonds. The maximum atomic E-state index is 11.3.